The maximum absolute atomic E-state index is 5.39. The molecule has 4 rings (SSSR count). The summed E-state index contributed by atoms with van der Waals surface area (Å²) < 4.78 is 9.10. The fourth-order valence-electron chi connectivity index (χ4n) is 2.65. The van der Waals surface area contributed by atoms with E-state index in [0.717, 1.165) is 22.8 Å². The second kappa shape index (κ2) is 5.97. The van der Waals surface area contributed by atoms with E-state index >= 15 is 0 Å². The molecule has 0 unspecified atom stereocenters. The SMILES string of the molecule is Cc1cc(C)n(-c2ccc(-c3noc([C@@H](C)n4ccnc4)n3)cn2)n1. The molecule has 126 valence electrons. The van der Waals surface area contributed by atoms with Crippen molar-refractivity contribution in [3.05, 3.63) is 60.4 Å². The van der Waals surface area contributed by atoms with E-state index in [2.05, 4.69) is 25.2 Å². The smallest absolute Gasteiger partial charge is 0.249 e. The third-order valence-electron chi connectivity index (χ3n) is 4.00. The van der Waals surface area contributed by atoms with E-state index in [1.54, 1.807) is 18.7 Å². The van der Waals surface area contributed by atoms with Crippen LogP contribution in [0.3, 0.4) is 0 Å². The highest BCUT2D eigenvalue weighted by Gasteiger charge is 2.17. The van der Waals surface area contributed by atoms with Crippen LogP contribution in [0, 0.1) is 13.8 Å². The lowest BCUT2D eigenvalue weighted by Crippen LogP contribution is -2.04. The first-order valence-electron chi connectivity index (χ1n) is 7.93. The summed E-state index contributed by atoms with van der Waals surface area (Å²) in [5.74, 6) is 1.79. The van der Waals surface area contributed by atoms with E-state index in [1.165, 1.54) is 0 Å². The lowest BCUT2D eigenvalue weighted by Gasteiger charge is -2.06. The molecule has 0 aliphatic rings. The van der Waals surface area contributed by atoms with Gasteiger partial charge in [-0.2, -0.15) is 10.1 Å². The standard InChI is InChI=1S/C17H17N7O/c1-11-8-12(2)24(21-11)15-5-4-14(9-19-15)16-20-17(25-22-16)13(3)23-7-6-18-10-23/h4-10,13H,1-3H3/t13-/m1/s1. The minimum Gasteiger partial charge on any atom is -0.337 e. The molecule has 0 spiro atoms. The summed E-state index contributed by atoms with van der Waals surface area (Å²) >= 11 is 0. The van der Waals surface area contributed by atoms with Gasteiger partial charge in [-0.05, 0) is 39.0 Å². The molecule has 25 heavy (non-hydrogen) atoms. The molecule has 0 saturated carbocycles. The van der Waals surface area contributed by atoms with Crippen molar-refractivity contribution in [2.75, 3.05) is 0 Å². The van der Waals surface area contributed by atoms with Gasteiger partial charge in [-0.1, -0.05) is 5.16 Å². The molecule has 0 amide bonds. The lowest BCUT2D eigenvalue weighted by molar-refractivity contribution is 0.345. The minimum absolute atomic E-state index is 0.0781. The summed E-state index contributed by atoms with van der Waals surface area (Å²) in [6.07, 6.45) is 7.02. The Hall–Kier alpha value is -3.29. The number of nitrogens with zero attached hydrogens (tertiary/aromatic N) is 7. The van der Waals surface area contributed by atoms with Gasteiger partial charge in [0.15, 0.2) is 5.82 Å². The molecule has 8 nitrogen and oxygen atoms in total. The van der Waals surface area contributed by atoms with Crippen molar-refractivity contribution >= 4 is 0 Å². The highest BCUT2D eigenvalue weighted by molar-refractivity contribution is 5.53. The fraction of sp³-hybridized carbons (Fsp3) is 0.235. The van der Waals surface area contributed by atoms with Crippen LogP contribution in [0.4, 0.5) is 0 Å². The second-order valence-electron chi connectivity index (χ2n) is 5.89. The Morgan fingerprint density at radius 2 is 2.08 bits per heavy atom. The predicted molar refractivity (Wildman–Crippen MR) is 90.2 cm³/mol. The molecule has 8 heteroatoms. The van der Waals surface area contributed by atoms with E-state index < -0.39 is 0 Å². The van der Waals surface area contributed by atoms with Crippen LogP contribution in [-0.2, 0) is 0 Å². The summed E-state index contributed by atoms with van der Waals surface area (Å²) in [5, 5.41) is 8.49. The summed E-state index contributed by atoms with van der Waals surface area (Å²) in [6.45, 7) is 5.93. The van der Waals surface area contributed by atoms with Gasteiger partial charge in [0.2, 0.25) is 11.7 Å². The van der Waals surface area contributed by atoms with Gasteiger partial charge < -0.3 is 9.09 Å². The molecule has 0 saturated heterocycles. The van der Waals surface area contributed by atoms with E-state index in [0.29, 0.717) is 11.7 Å². The first-order chi connectivity index (χ1) is 12.1. The zero-order chi connectivity index (χ0) is 17.4. The molecule has 0 aliphatic carbocycles. The Bertz CT molecular complexity index is 983. The number of imidazole rings is 1. The van der Waals surface area contributed by atoms with Gasteiger partial charge in [0.1, 0.15) is 6.04 Å². The molecule has 1 atom stereocenters. The zero-order valence-electron chi connectivity index (χ0n) is 14.2. The van der Waals surface area contributed by atoms with Crippen molar-refractivity contribution < 1.29 is 4.52 Å². The van der Waals surface area contributed by atoms with E-state index in [1.807, 2.05) is 54.4 Å². The molecule has 0 radical (unpaired) electrons. The number of pyridine rings is 1. The molecule has 4 aromatic heterocycles. The molecular formula is C17H17N7O. The van der Waals surface area contributed by atoms with Crippen molar-refractivity contribution in [3.63, 3.8) is 0 Å². The minimum atomic E-state index is -0.0781. The van der Waals surface area contributed by atoms with Crippen molar-refractivity contribution in [1.29, 1.82) is 0 Å². The zero-order valence-corrected chi connectivity index (χ0v) is 14.2. The van der Waals surface area contributed by atoms with Crippen molar-refractivity contribution in [3.8, 4) is 17.2 Å². The second-order valence-corrected chi connectivity index (χ2v) is 5.89. The van der Waals surface area contributed by atoms with Gasteiger partial charge in [0.25, 0.3) is 0 Å². The van der Waals surface area contributed by atoms with Crippen LogP contribution < -0.4 is 0 Å². The highest BCUT2D eigenvalue weighted by Crippen LogP contribution is 2.21. The summed E-state index contributed by atoms with van der Waals surface area (Å²) in [6, 6.07) is 5.74. The third-order valence-corrected chi connectivity index (χ3v) is 4.00. The maximum atomic E-state index is 5.39. The van der Waals surface area contributed by atoms with Crippen molar-refractivity contribution in [2.45, 2.75) is 26.8 Å². The fourth-order valence-corrected chi connectivity index (χ4v) is 2.65. The summed E-state index contributed by atoms with van der Waals surface area (Å²) in [5.41, 5.74) is 2.78. The molecule has 0 aliphatic heterocycles. The van der Waals surface area contributed by atoms with Crippen LogP contribution in [-0.4, -0.2) is 34.5 Å². The largest absolute Gasteiger partial charge is 0.337 e. The van der Waals surface area contributed by atoms with Crippen LogP contribution in [0.15, 0.2) is 47.6 Å². The molecule has 0 N–H and O–H groups in total. The molecule has 0 aromatic carbocycles. The number of aromatic nitrogens is 7. The Labute approximate surface area is 144 Å². The van der Waals surface area contributed by atoms with Gasteiger partial charge in [-0.25, -0.2) is 14.6 Å². The Morgan fingerprint density at radius 3 is 2.72 bits per heavy atom. The maximum Gasteiger partial charge on any atom is 0.249 e. The number of rotatable bonds is 4. The van der Waals surface area contributed by atoms with E-state index in [9.17, 15) is 0 Å². The Balaban J connectivity index is 1.60. The van der Waals surface area contributed by atoms with Crippen LogP contribution in [0.25, 0.3) is 17.2 Å². The molecule has 4 aromatic rings. The van der Waals surface area contributed by atoms with Gasteiger partial charge in [-0.15, -0.1) is 0 Å². The summed E-state index contributed by atoms with van der Waals surface area (Å²) in [4.78, 5) is 13.0. The molecule has 0 bridgehead atoms. The lowest BCUT2D eigenvalue weighted by atomic mass is 10.2. The topological polar surface area (TPSA) is 87.5 Å². The number of hydrogen-bond donors (Lipinski definition) is 0. The Kier molecular flexibility index (Phi) is 3.64. The van der Waals surface area contributed by atoms with E-state index in [4.69, 9.17) is 4.52 Å². The van der Waals surface area contributed by atoms with Crippen LogP contribution >= 0.6 is 0 Å². The number of aryl methyl sites for hydroxylation is 2. The summed E-state index contributed by atoms with van der Waals surface area (Å²) in [7, 11) is 0. The van der Waals surface area contributed by atoms with Crippen molar-refractivity contribution in [2.24, 2.45) is 0 Å². The van der Waals surface area contributed by atoms with Crippen LogP contribution in [0.2, 0.25) is 0 Å². The number of hydrogen-bond acceptors (Lipinski definition) is 6. The molecule has 0 fully saturated rings. The first kappa shape index (κ1) is 15.3. The van der Waals surface area contributed by atoms with Gasteiger partial charge in [0, 0.05) is 29.8 Å². The van der Waals surface area contributed by atoms with Crippen LogP contribution in [0.1, 0.15) is 30.2 Å². The van der Waals surface area contributed by atoms with Crippen LogP contribution in [0.5, 0.6) is 0 Å². The van der Waals surface area contributed by atoms with Gasteiger partial charge >= 0.3 is 0 Å². The average Bonchev–Trinajstić information content (AvgIpc) is 3.35. The average molecular weight is 335 g/mol. The van der Waals surface area contributed by atoms with Gasteiger partial charge in [-0.3, -0.25) is 0 Å². The van der Waals surface area contributed by atoms with E-state index in [-0.39, 0.29) is 6.04 Å². The highest BCUT2D eigenvalue weighted by atomic mass is 16.5. The van der Waals surface area contributed by atoms with Crippen molar-refractivity contribution in [1.82, 2.24) is 34.5 Å². The first-order valence-corrected chi connectivity index (χ1v) is 7.93. The van der Waals surface area contributed by atoms with Gasteiger partial charge in [0.05, 0.1) is 12.0 Å². The Morgan fingerprint density at radius 1 is 1.20 bits per heavy atom. The molecule has 4 heterocycles. The molecular weight excluding hydrogens is 318 g/mol. The predicted octanol–water partition coefficient (Wildman–Crippen LogP) is 2.74. The third kappa shape index (κ3) is 2.82. The normalized spacial score (nSPS) is 12.4. The quantitative estimate of drug-likeness (QED) is 0.570. The monoisotopic (exact) mass is 335 g/mol.